The molecule has 2 fully saturated rings. The first-order valence-electron chi connectivity index (χ1n) is 5.05. The van der Waals surface area contributed by atoms with Crippen LogP contribution in [0.3, 0.4) is 0 Å². The molecule has 0 saturated carbocycles. The van der Waals surface area contributed by atoms with Crippen LogP contribution in [0.15, 0.2) is 0 Å². The van der Waals surface area contributed by atoms with Crippen LogP contribution in [-0.2, 0) is 9.53 Å². The number of fused-ring (bicyclic) bond motifs is 2. The van der Waals surface area contributed by atoms with Gasteiger partial charge in [0, 0.05) is 31.0 Å². The van der Waals surface area contributed by atoms with Crippen molar-refractivity contribution in [3.8, 4) is 0 Å². The molecule has 2 atom stereocenters. The number of hydrogen-bond donors (Lipinski definition) is 0. The molecule has 0 N–H and O–H groups in total. The quantitative estimate of drug-likeness (QED) is 0.603. The molecule has 0 spiro atoms. The van der Waals surface area contributed by atoms with Gasteiger partial charge in [-0.3, -0.25) is 9.69 Å². The highest BCUT2D eigenvalue weighted by Crippen LogP contribution is 2.27. The average molecular weight is 183 g/mol. The number of carbonyl (C=O) groups excluding carboxylic acids is 1. The van der Waals surface area contributed by atoms with Crippen molar-refractivity contribution in [3.63, 3.8) is 0 Å². The molecule has 2 heterocycles. The zero-order chi connectivity index (χ0) is 9.42. The Kier molecular flexibility index (Phi) is 2.39. The monoisotopic (exact) mass is 183 g/mol. The van der Waals surface area contributed by atoms with Gasteiger partial charge in [0.1, 0.15) is 5.78 Å². The maximum Gasteiger partial charge on any atom is 0.136 e. The van der Waals surface area contributed by atoms with Gasteiger partial charge in [-0.2, -0.15) is 0 Å². The minimum absolute atomic E-state index is 0.347. The van der Waals surface area contributed by atoms with Gasteiger partial charge in [0.05, 0.1) is 13.2 Å². The lowest BCUT2D eigenvalue weighted by Crippen LogP contribution is -2.59. The Morgan fingerprint density at radius 3 is 2.31 bits per heavy atom. The third-order valence-corrected chi connectivity index (χ3v) is 2.99. The van der Waals surface area contributed by atoms with Crippen LogP contribution in [0, 0.1) is 0 Å². The maximum atomic E-state index is 11.4. The minimum atomic E-state index is 0.347. The van der Waals surface area contributed by atoms with E-state index in [9.17, 15) is 4.79 Å². The van der Waals surface area contributed by atoms with Gasteiger partial charge < -0.3 is 4.74 Å². The molecule has 0 aliphatic carbocycles. The third-order valence-electron chi connectivity index (χ3n) is 2.99. The normalized spacial score (nSPS) is 35.5. The van der Waals surface area contributed by atoms with Crippen molar-refractivity contribution in [1.82, 2.24) is 4.90 Å². The molecular formula is C10H17NO2. The zero-order valence-electron chi connectivity index (χ0n) is 8.32. The van der Waals surface area contributed by atoms with E-state index < -0.39 is 0 Å². The summed E-state index contributed by atoms with van der Waals surface area (Å²) in [6, 6.07) is 1.23. The first-order chi connectivity index (χ1) is 6.18. The topological polar surface area (TPSA) is 29.5 Å². The predicted octanol–water partition coefficient (Wildman–Crippen LogP) is 0.827. The minimum Gasteiger partial charge on any atom is -0.378 e. The van der Waals surface area contributed by atoms with Gasteiger partial charge in [0.15, 0.2) is 0 Å². The number of carbonyl (C=O) groups is 1. The highest BCUT2D eigenvalue weighted by Gasteiger charge is 2.39. The van der Waals surface area contributed by atoms with Gasteiger partial charge in [0.2, 0.25) is 0 Å². The van der Waals surface area contributed by atoms with Crippen LogP contribution in [0.1, 0.15) is 26.7 Å². The summed E-state index contributed by atoms with van der Waals surface area (Å²) in [5, 5.41) is 0. The molecule has 2 bridgehead atoms. The van der Waals surface area contributed by atoms with Crippen LogP contribution in [-0.4, -0.2) is 42.0 Å². The molecule has 2 saturated heterocycles. The highest BCUT2D eigenvalue weighted by molar-refractivity contribution is 5.80. The summed E-state index contributed by atoms with van der Waals surface area (Å²) in [6.45, 7) is 5.86. The Morgan fingerprint density at radius 1 is 1.31 bits per heavy atom. The maximum absolute atomic E-state index is 11.4. The van der Waals surface area contributed by atoms with Crippen molar-refractivity contribution in [2.45, 2.75) is 44.8 Å². The summed E-state index contributed by atoms with van der Waals surface area (Å²) in [5.74, 6) is 0.412. The molecule has 0 radical (unpaired) electrons. The molecule has 3 nitrogen and oxygen atoms in total. The van der Waals surface area contributed by atoms with E-state index >= 15 is 0 Å². The molecule has 2 aliphatic rings. The number of Topliss-reactive ketones (excluding diaryl/α,β-unsaturated/α-hetero) is 1. The summed E-state index contributed by atoms with van der Waals surface area (Å²) in [4.78, 5) is 13.8. The van der Waals surface area contributed by atoms with E-state index in [2.05, 4.69) is 18.7 Å². The van der Waals surface area contributed by atoms with Crippen molar-refractivity contribution in [3.05, 3.63) is 0 Å². The molecular weight excluding hydrogens is 166 g/mol. The van der Waals surface area contributed by atoms with Crippen molar-refractivity contribution in [2.75, 3.05) is 13.2 Å². The van der Waals surface area contributed by atoms with Gasteiger partial charge in [0.25, 0.3) is 0 Å². The molecule has 0 amide bonds. The Labute approximate surface area is 79.0 Å². The first kappa shape index (κ1) is 9.16. The second-order valence-corrected chi connectivity index (χ2v) is 4.33. The summed E-state index contributed by atoms with van der Waals surface area (Å²) in [7, 11) is 0. The Bertz CT molecular complexity index is 199. The van der Waals surface area contributed by atoms with Gasteiger partial charge in [-0.1, -0.05) is 0 Å². The van der Waals surface area contributed by atoms with E-state index in [-0.39, 0.29) is 0 Å². The lowest BCUT2D eigenvalue weighted by Gasteiger charge is -2.47. The SMILES string of the molecule is CC(C)N1C2COCC1CC(=O)C2. The van der Waals surface area contributed by atoms with Gasteiger partial charge in [-0.25, -0.2) is 0 Å². The van der Waals surface area contributed by atoms with Crippen molar-refractivity contribution in [1.29, 1.82) is 0 Å². The number of ether oxygens (including phenoxy) is 1. The van der Waals surface area contributed by atoms with Gasteiger partial charge in [-0.05, 0) is 13.8 Å². The van der Waals surface area contributed by atoms with E-state index in [1.807, 2.05) is 0 Å². The highest BCUT2D eigenvalue weighted by atomic mass is 16.5. The van der Waals surface area contributed by atoms with Crippen LogP contribution in [0.5, 0.6) is 0 Å². The van der Waals surface area contributed by atoms with E-state index in [0.29, 0.717) is 36.8 Å². The summed E-state index contributed by atoms with van der Waals surface area (Å²) in [6.07, 6.45) is 1.38. The zero-order valence-corrected chi connectivity index (χ0v) is 8.32. The third kappa shape index (κ3) is 1.63. The molecule has 74 valence electrons. The average Bonchev–Trinajstić information content (AvgIpc) is 2.01. The van der Waals surface area contributed by atoms with Crippen LogP contribution in [0.25, 0.3) is 0 Å². The molecule has 2 rings (SSSR count). The Balaban J connectivity index is 2.14. The molecule has 2 aliphatic heterocycles. The van der Waals surface area contributed by atoms with Crippen LogP contribution >= 0.6 is 0 Å². The molecule has 3 heteroatoms. The van der Waals surface area contributed by atoms with Gasteiger partial charge >= 0.3 is 0 Å². The van der Waals surface area contributed by atoms with Crippen LogP contribution in [0.4, 0.5) is 0 Å². The second-order valence-electron chi connectivity index (χ2n) is 4.33. The number of hydrogen-bond acceptors (Lipinski definition) is 3. The molecule has 0 aromatic heterocycles. The fraction of sp³-hybridized carbons (Fsp3) is 0.900. The molecule has 0 aromatic rings. The number of nitrogens with zero attached hydrogens (tertiary/aromatic N) is 1. The van der Waals surface area contributed by atoms with Crippen LogP contribution < -0.4 is 0 Å². The Morgan fingerprint density at radius 2 is 1.85 bits per heavy atom. The summed E-state index contributed by atoms with van der Waals surface area (Å²) < 4.78 is 5.47. The largest absolute Gasteiger partial charge is 0.378 e. The van der Waals surface area contributed by atoms with Crippen molar-refractivity contribution >= 4 is 5.78 Å². The molecule has 13 heavy (non-hydrogen) atoms. The fourth-order valence-electron chi connectivity index (χ4n) is 2.59. The second kappa shape index (κ2) is 3.39. The van der Waals surface area contributed by atoms with E-state index in [4.69, 9.17) is 4.74 Å². The summed E-state index contributed by atoms with van der Waals surface area (Å²) in [5.41, 5.74) is 0. The van der Waals surface area contributed by atoms with Crippen molar-refractivity contribution < 1.29 is 9.53 Å². The smallest absolute Gasteiger partial charge is 0.136 e. The number of morpholine rings is 1. The van der Waals surface area contributed by atoms with E-state index in [0.717, 1.165) is 13.2 Å². The lowest BCUT2D eigenvalue weighted by atomic mass is 9.92. The number of piperidine rings is 1. The lowest BCUT2D eigenvalue weighted by molar-refractivity contribution is -0.138. The first-order valence-corrected chi connectivity index (χ1v) is 5.05. The standard InChI is InChI=1S/C10H17NO2/c1-7(2)11-8-3-10(12)4-9(11)6-13-5-8/h7-9H,3-6H2,1-2H3. The molecule has 0 aromatic carbocycles. The van der Waals surface area contributed by atoms with E-state index in [1.165, 1.54) is 0 Å². The van der Waals surface area contributed by atoms with Crippen molar-refractivity contribution in [2.24, 2.45) is 0 Å². The Hall–Kier alpha value is -0.410. The van der Waals surface area contributed by atoms with E-state index in [1.54, 1.807) is 0 Å². The molecule has 2 unspecified atom stereocenters. The predicted molar refractivity (Wildman–Crippen MR) is 49.6 cm³/mol. The number of rotatable bonds is 1. The fourth-order valence-corrected chi connectivity index (χ4v) is 2.59. The van der Waals surface area contributed by atoms with Crippen LogP contribution in [0.2, 0.25) is 0 Å². The summed E-state index contributed by atoms with van der Waals surface area (Å²) >= 11 is 0. The number of ketones is 1. The van der Waals surface area contributed by atoms with Gasteiger partial charge in [-0.15, -0.1) is 0 Å².